The summed E-state index contributed by atoms with van der Waals surface area (Å²) in [5.41, 5.74) is 2.81. The van der Waals surface area contributed by atoms with Crippen molar-refractivity contribution < 1.29 is 22.8 Å². The minimum absolute atomic E-state index is 0.106. The maximum Gasteiger partial charge on any atom is 0.416 e. The quantitative estimate of drug-likeness (QED) is 0.712. The van der Waals surface area contributed by atoms with Gasteiger partial charge in [-0.15, -0.1) is 0 Å². The number of nitrogens with zero attached hydrogens (tertiary/aromatic N) is 2. The van der Waals surface area contributed by atoms with E-state index in [2.05, 4.69) is 5.32 Å². The van der Waals surface area contributed by atoms with Crippen LogP contribution in [0.15, 0.2) is 42.5 Å². The Morgan fingerprint density at radius 3 is 2.67 bits per heavy atom. The van der Waals surface area contributed by atoms with Crippen LogP contribution in [0.25, 0.3) is 0 Å². The number of urea groups is 1. The van der Waals surface area contributed by atoms with Crippen molar-refractivity contribution in [2.24, 2.45) is 0 Å². The predicted octanol–water partition coefficient (Wildman–Crippen LogP) is 4.83. The summed E-state index contributed by atoms with van der Waals surface area (Å²) >= 11 is 0. The summed E-state index contributed by atoms with van der Waals surface area (Å²) in [5.74, 6) is -0.106. The van der Waals surface area contributed by atoms with Crippen molar-refractivity contribution in [1.82, 2.24) is 15.1 Å². The number of likely N-dealkylation sites (tertiary alicyclic amines) is 1. The number of alkyl halides is 3. The lowest BCUT2D eigenvalue weighted by atomic mass is 10.0. The molecule has 1 aliphatic heterocycles. The third-order valence-electron chi connectivity index (χ3n) is 6.52. The number of rotatable bonds is 4. The molecule has 0 saturated carbocycles. The molecule has 176 valence electrons. The van der Waals surface area contributed by atoms with Gasteiger partial charge in [0.15, 0.2) is 0 Å². The number of fused-ring (bicyclic) bond motifs is 1. The number of carbonyl (C=O) groups is 2. The van der Waals surface area contributed by atoms with E-state index in [-0.39, 0.29) is 18.0 Å². The van der Waals surface area contributed by atoms with Crippen LogP contribution in [0.4, 0.5) is 18.0 Å². The number of halogens is 3. The van der Waals surface area contributed by atoms with Crippen molar-refractivity contribution in [2.75, 3.05) is 13.6 Å². The van der Waals surface area contributed by atoms with Gasteiger partial charge < -0.3 is 15.1 Å². The van der Waals surface area contributed by atoms with Gasteiger partial charge in [-0.2, -0.15) is 13.2 Å². The molecule has 4 rings (SSSR count). The van der Waals surface area contributed by atoms with Crippen molar-refractivity contribution in [2.45, 2.75) is 57.4 Å². The van der Waals surface area contributed by atoms with Gasteiger partial charge in [0.1, 0.15) is 6.04 Å². The van der Waals surface area contributed by atoms with Gasteiger partial charge in [-0.05, 0) is 61.4 Å². The zero-order chi connectivity index (χ0) is 23.8. The molecule has 1 N–H and O–H groups in total. The first-order valence-electron chi connectivity index (χ1n) is 11.2. The molecule has 8 heteroatoms. The van der Waals surface area contributed by atoms with Crippen molar-refractivity contribution in [1.29, 1.82) is 0 Å². The predicted molar refractivity (Wildman–Crippen MR) is 118 cm³/mol. The van der Waals surface area contributed by atoms with Gasteiger partial charge in [0.25, 0.3) is 0 Å². The highest BCUT2D eigenvalue weighted by Crippen LogP contribution is 2.37. The molecule has 3 amide bonds. The van der Waals surface area contributed by atoms with E-state index in [0.29, 0.717) is 37.9 Å². The summed E-state index contributed by atoms with van der Waals surface area (Å²) in [6, 6.07) is 10.4. The van der Waals surface area contributed by atoms with Gasteiger partial charge in [0.05, 0.1) is 11.6 Å². The highest BCUT2D eigenvalue weighted by atomic mass is 19.4. The Balaban J connectivity index is 1.41. The summed E-state index contributed by atoms with van der Waals surface area (Å²) in [6.45, 7) is 2.94. The van der Waals surface area contributed by atoms with E-state index in [1.165, 1.54) is 12.1 Å². The van der Waals surface area contributed by atoms with E-state index in [1.54, 1.807) is 16.8 Å². The average Bonchev–Trinajstić information content (AvgIpc) is 3.40. The SMILES string of the molecule is Cc1cccc(CN(C)C(=O)C2CCCN2C(=O)NC2CCc3cc(C(F)(F)F)ccc32)c1. The number of amides is 3. The normalized spacial score (nSPS) is 20.0. The van der Waals surface area contributed by atoms with Crippen LogP contribution in [0.1, 0.15) is 53.1 Å². The van der Waals surface area contributed by atoms with Crippen LogP contribution in [-0.2, 0) is 23.9 Å². The summed E-state index contributed by atoms with van der Waals surface area (Å²) < 4.78 is 39.0. The van der Waals surface area contributed by atoms with Gasteiger partial charge in [-0.3, -0.25) is 4.79 Å². The Bertz CT molecular complexity index is 1050. The summed E-state index contributed by atoms with van der Waals surface area (Å²) in [6.07, 6.45) is -2.03. The largest absolute Gasteiger partial charge is 0.416 e. The van der Waals surface area contributed by atoms with Gasteiger partial charge in [-0.1, -0.05) is 35.9 Å². The Labute approximate surface area is 191 Å². The summed E-state index contributed by atoms with van der Waals surface area (Å²) in [4.78, 5) is 29.4. The topological polar surface area (TPSA) is 52.7 Å². The van der Waals surface area contributed by atoms with E-state index in [1.807, 2.05) is 31.2 Å². The maximum atomic E-state index is 13.1. The molecule has 0 aromatic heterocycles. The fourth-order valence-corrected chi connectivity index (χ4v) is 4.86. The monoisotopic (exact) mass is 459 g/mol. The Kier molecular flexibility index (Phi) is 6.36. The van der Waals surface area contributed by atoms with E-state index in [4.69, 9.17) is 0 Å². The van der Waals surface area contributed by atoms with Crippen LogP contribution in [-0.4, -0.2) is 41.4 Å². The van der Waals surface area contributed by atoms with Crippen LogP contribution in [0, 0.1) is 6.92 Å². The lowest BCUT2D eigenvalue weighted by Gasteiger charge is -2.29. The maximum absolute atomic E-state index is 13.1. The lowest BCUT2D eigenvalue weighted by molar-refractivity contribution is -0.137. The Morgan fingerprint density at radius 1 is 1.15 bits per heavy atom. The van der Waals surface area contributed by atoms with Crippen LogP contribution in [0.2, 0.25) is 0 Å². The van der Waals surface area contributed by atoms with E-state index < -0.39 is 17.8 Å². The first-order chi connectivity index (χ1) is 15.6. The molecule has 2 aromatic rings. The molecule has 1 saturated heterocycles. The van der Waals surface area contributed by atoms with Crippen molar-refractivity contribution in [3.05, 3.63) is 70.3 Å². The molecule has 1 fully saturated rings. The molecule has 2 atom stereocenters. The molecule has 0 radical (unpaired) electrons. The first kappa shape index (κ1) is 23.1. The number of likely N-dealkylation sites (N-methyl/N-ethyl adjacent to an activating group) is 1. The highest BCUT2D eigenvalue weighted by Gasteiger charge is 2.38. The standard InChI is InChI=1S/C25H28F3N3O2/c1-16-5-3-6-17(13-16)15-30(2)23(32)22-7-4-12-31(22)24(33)29-21-11-8-18-14-19(25(26,27)28)9-10-20(18)21/h3,5-6,9-10,13-14,21-22H,4,7-8,11-12,15H2,1-2H3,(H,29,33). The fraction of sp³-hybridized carbons (Fsp3) is 0.440. The van der Waals surface area contributed by atoms with Gasteiger partial charge in [0, 0.05) is 20.1 Å². The molecule has 5 nitrogen and oxygen atoms in total. The van der Waals surface area contributed by atoms with E-state index in [0.717, 1.165) is 29.2 Å². The van der Waals surface area contributed by atoms with E-state index in [9.17, 15) is 22.8 Å². The Hall–Kier alpha value is -3.03. The number of carbonyl (C=O) groups excluding carboxylic acids is 2. The highest BCUT2D eigenvalue weighted by molar-refractivity contribution is 5.87. The fourth-order valence-electron chi connectivity index (χ4n) is 4.86. The molecule has 0 bridgehead atoms. The second-order valence-corrected chi connectivity index (χ2v) is 8.99. The number of nitrogens with one attached hydrogen (secondary N) is 1. The Morgan fingerprint density at radius 2 is 1.94 bits per heavy atom. The van der Waals surface area contributed by atoms with Crippen LogP contribution in [0.3, 0.4) is 0 Å². The molecule has 2 aliphatic rings. The van der Waals surface area contributed by atoms with Gasteiger partial charge >= 0.3 is 12.2 Å². The molecule has 1 heterocycles. The average molecular weight is 460 g/mol. The molecule has 2 unspecified atom stereocenters. The number of aryl methyl sites for hydroxylation is 2. The molecule has 1 aliphatic carbocycles. The van der Waals surface area contributed by atoms with Crippen molar-refractivity contribution in [3.8, 4) is 0 Å². The van der Waals surface area contributed by atoms with Gasteiger partial charge in [0.2, 0.25) is 5.91 Å². The zero-order valence-corrected chi connectivity index (χ0v) is 18.8. The summed E-state index contributed by atoms with van der Waals surface area (Å²) in [5, 5.41) is 2.95. The third kappa shape index (κ3) is 4.99. The van der Waals surface area contributed by atoms with Crippen LogP contribution < -0.4 is 5.32 Å². The van der Waals surface area contributed by atoms with E-state index >= 15 is 0 Å². The number of benzene rings is 2. The molecular formula is C25H28F3N3O2. The molecule has 33 heavy (non-hydrogen) atoms. The third-order valence-corrected chi connectivity index (χ3v) is 6.52. The van der Waals surface area contributed by atoms with Gasteiger partial charge in [-0.25, -0.2) is 4.79 Å². The van der Waals surface area contributed by atoms with Crippen LogP contribution >= 0.6 is 0 Å². The van der Waals surface area contributed by atoms with Crippen molar-refractivity contribution >= 4 is 11.9 Å². The smallest absolute Gasteiger partial charge is 0.340 e. The number of hydrogen-bond acceptors (Lipinski definition) is 2. The molecule has 0 spiro atoms. The number of hydrogen-bond donors (Lipinski definition) is 1. The zero-order valence-electron chi connectivity index (χ0n) is 18.8. The molecule has 2 aromatic carbocycles. The minimum atomic E-state index is -4.38. The molecular weight excluding hydrogens is 431 g/mol. The van der Waals surface area contributed by atoms with Crippen LogP contribution in [0.5, 0.6) is 0 Å². The second-order valence-electron chi connectivity index (χ2n) is 8.99. The summed E-state index contributed by atoms with van der Waals surface area (Å²) in [7, 11) is 1.74. The lowest BCUT2D eigenvalue weighted by Crippen LogP contribution is -2.50. The minimum Gasteiger partial charge on any atom is -0.340 e. The van der Waals surface area contributed by atoms with Crippen molar-refractivity contribution in [3.63, 3.8) is 0 Å². The second kappa shape index (κ2) is 9.08. The first-order valence-corrected chi connectivity index (χ1v) is 11.2.